The predicted octanol–water partition coefficient (Wildman–Crippen LogP) is 4.13. The van der Waals surface area contributed by atoms with E-state index in [2.05, 4.69) is 5.32 Å². The number of likely N-dealkylation sites (N-methyl/N-ethyl adjacent to an activating group) is 1. The van der Waals surface area contributed by atoms with Gasteiger partial charge in [-0.2, -0.15) is 0 Å². The van der Waals surface area contributed by atoms with E-state index in [0.29, 0.717) is 18.7 Å². The van der Waals surface area contributed by atoms with Crippen LogP contribution in [0.4, 0.5) is 0 Å². The molecular weight excluding hydrogens is 348 g/mol. The Balaban J connectivity index is 1.56. The molecule has 0 spiro atoms. The number of nitrogens with one attached hydrogen (secondary N) is 1. The molecule has 0 aromatic heterocycles. The van der Waals surface area contributed by atoms with E-state index in [9.17, 15) is 9.59 Å². The third-order valence-corrected chi connectivity index (χ3v) is 4.61. The van der Waals surface area contributed by atoms with Gasteiger partial charge >= 0.3 is 0 Å². The van der Waals surface area contributed by atoms with Crippen molar-refractivity contribution in [2.45, 2.75) is 13.5 Å². The van der Waals surface area contributed by atoms with Gasteiger partial charge in [0.05, 0.1) is 6.54 Å². The minimum atomic E-state index is -0.247. The van der Waals surface area contributed by atoms with Gasteiger partial charge in [-0.15, -0.1) is 0 Å². The van der Waals surface area contributed by atoms with Crippen LogP contribution in [0.15, 0.2) is 84.9 Å². The summed E-state index contributed by atoms with van der Waals surface area (Å²) in [6.45, 7) is 3.05. The predicted molar refractivity (Wildman–Crippen MR) is 112 cm³/mol. The van der Waals surface area contributed by atoms with Crippen LogP contribution in [0.3, 0.4) is 0 Å². The summed E-state index contributed by atoms with van der Waals surface area (Å²) < 4.78 is 0. The fourth-order valence-corrected chi connectivity index (χ4v) is 2.99. The maximum absolute atomic E-state index is 12.5. The van der Waals surface area contributed by atoms with Crippen molar-refractivity contribution in [2.24, 2.45) is 0 Å². The van der Waals surface area contributed by atoms with Crippen molar-refractivity contribution in [2.75, 3.05) is 13.1 Å². The van der Waals surface area contributed by atoms with Crippen molar-refractivity contribution < 1.29 is 9.59 Å². The highest BCUT2D eigenvalue weighted by Gasteiger charge is 2.14. The lowest BCUT2D eigenvalue weighted by atomic mass is 10.0. The standard InChI is InChI=1S/C24H24N2O2/c1-2-26(18-19-9-5-3-6-10-19)23(27)17-25-24(28)22-15-13-21(14-16-22)20-11-7-4-8-12-20/h3-16H,2,17-18H2,1H3,(H,25,28). The first kappa shape index (κ1) is 19.4. The lowest BCUT2D eigenvalue weighted by Gasteiger charge is -2.21. The van der Waals surface area contributed by atoms with E-state index in [1.165, 1.54) is 0 Å². The number of carbonyl (C=O) groups excluding carboxylic acids is 2. The van der Waals surface area contributed by atoms with Crippen molar-refractivity contribution in [3.63, 3.8) is 0 Å². The summed E-state index contributed by atoms with van der Waals surface area (Å²) in [7, 11) is 0. The molecule has 0 atom stereocenters. The maximum Gasteiger partial charge on any atom is 0.251 e. The van der Waals surface area contributed by atoms with Gasteiger partial charge in [0.2, 0.25) is 5.91 Å². The van der Waals surface area contributed by atoms with Gasteiger partial charge in [-0.1, -0.05) is 72.8 Å². The second-order valence-electron chi connectivity index (χ2n) is 6.52. The van der Waals surface area contributed by atoms with E-state index < -0.39 is 0 Å². The Morgan fingerprint density at radius 2 is 1.36 bits per heavy atom. The Morgan fingerprint density at radius 3 is 1.96 bits per heavy atom. The molecule has 4 heteroatoms. The largest absolute Gasteiger partial charge is 0.343 e. The van der Waals surface area contributed by atoms with Gasteiger partial charge in [0.25, 0.3) is 5.91 Å². The second kappa shape index (κ2) is 9.51. The maximum atomic E-state index is 12.5. The van der Waals surface area contributed by atoms with Crippen LogP contribution in [0.5, 0.6) is 0 Å². The molecule has 2 amide bonds. The van der Waals surface area contributed by atoms with Crippen molar-refractivity contribution in [3.8, 4) is 11.1 Å². The number of rotatable bonds is 7. The Hall–Kier alpha value is -3.40. The summed E-state index contributed by atoms with van der Waals surface area (Å²) in [5.41, 5.74) is 3.76. The molecule has 28 heavy (non-hydrogen) atoms. The van der Waals surface area contributed by atoms with Crippen molar-refractivity contribution in [1.82, 2.24) is 10.2 Å². The minimum Gasteiger partial charge on any atom is -0.343 e. The minimum absolute atomic E-state index is 0.0139. The van der Waals surface area contributed by atoms with E-state index in [4.69, 9.17) is 0 Å². The zero-order chi connectivity index (χ0) is 19.8. The molecule has 0 aliphatic heterocycles. The van der Waals surface area contributed by atoms with Crippen molar-refractivity contribution in [3.05, 3.63) is 96.1 Å². The first-order chi connectivity index (χ1) is 13.7. The molecule has 0 radical (unpaired) electrons. The third kappa shape index (κ3) is 5.07. The van der Waals surface area contributed by atoms with Gasteiger partial charge in [-0.3, -0.25) is 9.59 Å². The van der Waals surface area contributed by atoms with E-state index in [1.807, 2.05) is 79.7 Å². The quantitative estimate of drug-likeness (QED) is 0.678. The fourth-order valence-electron chi connectivity index (χ4n) is 2.99. The molecule has 0 aliphatic carbocycles. The molecule has 0 heterocycles. The Morgan fingerprint density at radius 1 is 0.786 bits per heavy atom. The number of carbonyl (C=O) groups is 2. The van der Waals surface area contributed by atoms with E-state index in [0.717, 1.165) is 16.7 Å². The number of hydrogen-bond acceptors (Lipinski definition) is 2. The molecule has 0 aliphatic rings. The van der Waals surface area contributed by atoms with Crippen LogP contribution in [-0.4, -0.2) is 29.8 Å². The van der Waals surface area contributed by atoms with Crippen LogP contribution in [0.1, 0.15) is 22.8 Å². The number of hydrogen-bond donors (Lipinski definition) is 1. The Labute approximate surface area is 165 Å². The third-order valence-electron chi connectivity index (χ3n) is 4.61. The number of amides is 2. The molecule has 4 nitrogen and oxygen atoms in total. The van der Waals surface area contributed by atoms with Crippen LogP contribution >= 0.6 is 0 Å². The molecule has 1 N–H and O–H groups in total. The molecule has 0 fully saturated rings. The first-order valence-corrected chi connectivity index (χ1v) is 9.42. The molecule has 3 aromatic carbocycles. The van der Waals surface area contributed by atoms with E-state index >= 15 is 0 Å². The van der Waals surface area contributed by atoms with Gasteiger partial charge in [0, 0.05) is 18.7 Å². The van der Waals surface area contributed by atoms with E-state index in [1.54, 1.807) is 17.0 Å². The normalized spacial score (nSPS) is 10.3. The van der Waals surface area contributed by atoms with Crippen molar-refractivity contribution in [1.29, 1.82) is 0 Å². The van der Waals surface area contributed by atoms with Crippen molar-refractivity contribution >= 4 is 11.8 Å². The van der Waals surface area contributed by atoms with Gasteiger partial charge in [0.1, 0.15) is 0 Å². The summed E-state index contributed by atoms with van der Waals surface area (Å²) >= 11 is 0. The van der Waals surface area contributed by atoms with Crippen LogP contribution in [-0.2, 0) is 11.3 Å². The molecule has 0 unspecified atom stereocenters. The van der Waals surface area contributed by atoms with Crippen LogP contribution in [0, 0.1) is 0 Å². The monoisotopic (exact) mass is 372 g/mol. The highest BCUT2D eigenvalue weighted by molar-refractivity contribution is 5.96. The van der Waals surface area contributed by atoms with Gasteiger partial charge in [-0.25, -0.2) is 0 Å². The molecule has 3 aromatic rings. The smallest absolute Gasteiger partial charge is 0.251 e. The molecule has 0 saturated heterocycles. The summed E-state index contributed by atoms with van der Waals surface area (Å²) in [6.07, 6.45) is 0. The van der Waals surface area contributed by atoms with E-state index in [-0.39, 0.29) is 18.4 Å². The topological polar surface area (TPSA) is 49.4 Å². The van der Waals surface area contributed by atoms with Gasteiger partial charge in [-0.05, 0) is 35.7 Å². The highest BCUT2D eigenvalue weighted by atomic mass is 16.2. The molecular formula is C24H24N2O2. The molecule has 0 saturated carbocycles. The number of benzene rings is 3. The SMILES string of the molecule is CCN(Cc1ccccc1)C(=O)CNC(=O)c1ccc(-c2ccccc2)cc1. The fraction of sp³-hybridized carbons (Fsp3) is 0.167. The lowest BCUT2D eigenvalue weighted by molar-refractivity contribution is -0.130. The highest BCUT2D eigenvalue weighted by Crippen LogP contribution is 2.19. The molecule has 3 rings (SSSR count). The average molecular weight is 372 g/mol. The summed E-state index contributed by atoms with van der Waals surface area (Å²) in [4.78, 5) is 26.6. The molecule has 0 bridgehead atoms. The zero-order valence-electron chi connectivity index (χ0n) is 16.0. The first-order valence-electron chi connectivity index (χ1n) is 9.42. The van der Waals surface area contributed by atoms with Crippen LogP contribution in [0.25, 0.3) is 11.1 Å². The van der Waals surface area contributed by atoms with Gasteiger partial charge < -0.3 is 10.2 Å². The second-order valence-corrected chi connectivity index (χ2v) is 6.52. The summed E-state index contributed by atoms with van der Waals surface area (Å²) in [5, 5.41) is 2.73. The Kier molecular flexibility index (Phi) is 6.58. The van der Waals surface area contributed by atoms with Crippen LogP contribution < -0.4 is 5.32 Å². The van der Waals surface area contributed by atoms with Gasteiger partial charge in [0.15, 0.2) is 0 Å². The summed E-state index contributed by atoms with van der Waals surface area (Å²) in [6, 6.07) is 27.2. The van der Waals surface area contributed by atoms with Crippen LogP contribution in [0.2, 0.25) is 0 Å². The zero-order valence-corrected chi connectivity index (χ0v) is 16.0. The Bertz CT molecular complexity index is 906. The lowest BCUT2D eigenvalue weighted by Crippen LogP contribution is -2.39. The summed E-state index contributed by atoms with van der Waals surface area (Å²) in [5.74, 6) is -0.343. The average Bonchev–Trinajstić information content (AvgIpc) is 2.77. The molecule has 142 valence electrons. The number of nitrogens with zero attached hydrogens (tertiary/aromatic N) is 1.